The molecule has 8 heteroatoms. The maximum atomic E-state index is 11.5. The number of esters is 2. The van der Waals surface area contributed by atoms with Gasteiger partial charge < -0.3 is 24.1 Å². The summed E-state index contributed by atoms with van der Waals surface area (Å²) in [5.74, 6) is -2.00. The van der Waals surface area contributed by atoms with Crippen LogP contribution >= 0.6 is 0 Å². The van der Waals surface area contributed by atoms with Gasteiger partial charge in [0.1, 0.15) is 12.2 Å². The van der Waals surface area contributed by atoms with Crippen LogP contribution in [0.15, 0.2) is 0 Å². The molecule has 0 aromatic rings. The third-order valence-corrected chi connectivity index (χ3v) is 3.36. The lowest BCUT2D eigenvalue weighted by Gasteiger charge is -2.17. The summed E-state index contributed by atoms with van der Waals surface area (Å²) in [7, 11) is 0. The molecule has 2 saturated heterocycles. The van der Waals surface area contributed by atoms with Gasteiger partial charge in [-0.15, -0.1) is 0 Å². The lowest BCUT2D eigenvalue weighted by molar-refractivity contribution is -0.156. The normalized spacial score (nSPS) is 30.7. The zero-order chi connectivity index (χ0) is 15.4. The van der Waals surface area contributed by atoms with E-state index in [1.807, 2.05) is 0 Å². The van der Waals surface area contributed by atoms with Crippen molar-refractivity contribution in [1.29, 1.82) is 0 Å². The van der Waals surface area contributed by atoms with Gasteiger partial charge >= 0.3 is 17.9 Å². The van der Waals surface area contributed by atoms with Gasteiger partial charge in [-0.05, 0) is 0 Å². The number of rotatable bonds is 6. The predicted octanol–water partition coefficient (Wildman–Crippen LogP) is -0.118. The third-order valence-electron chi connectivity index (χ3n) is 3.36. The Morgan fingerprint density at radius 2 is 1.52 bits per heavy atom. The standard InChI is InChI=1S/C13H18O8/c1-2-10(16)20-7-5-18-13-8(6-19-12(7)13)21-11(17)4-3-9(14)15/h7-8,12-13H,2-6H2,1H3,(H,14,15)/t7-,8-,12+,13+/m0/s1. The molecule has 0 bridgehead atoms. The number of carbonyl (C=O) groups is 3. The first kappa shape index (κ1) is 15.7. The van der Waals surface area contributed by atoms with Crippen molar-refractivity contribution in [3.05, 3.63) is 0 Å². The van der Waals surface area contributed by atoms with Crippen LogP contribution in [0.4, 0.5) is 0 Å². The molecule has 1 N–H and O–H groups in total. The Morgan fingerprint density at radius 3 is 2.00 bits per heavy atom. The highest BCUT2D eigenvalue weighted by Crippen LogP contribution is 2.30. The van der Waals surface area contributed by atoms with E-state index < -0.39 is 36.4 Å². The maximum absolute atomic E-state index is 11.5. The molecule has 2 fully saturated rings. The summed E-state index contributed by atoms with van der Waals surface area (Å²) in [4.78, 5) is 33.2. The van der Waals surface area contributed by atoms with Crippen molar-refractivity contribution in [2.24, 2.45) is 0 Å². The van der Waals surface area contributed by atoms with Gasteiger partial charge in [-0.1, -0.05) is 6.92 Å². The molecule has 0 spiro atoms. The van der Waals surface area contributed by atoms with Crippen molar-refractivity contribution >= 4 is 17.9 Å². The zero-order valence-electron chi connectivity index (χ0n) is 11.6. The topological polar surface area (TPSA) is 108 Å². The number of carbonyl (C=O) groups excluding carboxylic acids is 2. The number of hydrogen-bond acceptors (Lipinski definition) is 7. The molecule has 2 aliphatic heterocycles. The summed E-state index contributed by atoms with van der Waals surface area (Å²) in [5, 5.41) is 8.51. The molecule has 4 atom stereocenters. The number of hydrogen-bond donors (Lipinski definition) is 1. The van der Waals surface area contributed by atoms with Crippen molar-refractivity contribution in [3.8, 4) is 0 Å². The van der Waals surface area contributed by atoms with Crippen LogP contribution < -0.4 is 0 Å². The van der Waals surface area contributed by atoms with Crippen LogP contribution in [-0.2, 0) is 33.3 Å². The number of carboxylic acid groups (broad SMARTS) is 1. The molecule has 8 nitrogen and oxygen atoms in total. The van der Waals surface area contributed by atoms with Crippen LogP contribution in [0.5, 0.6) is 0 Å². The van der Waals surface area contributed by atoms with Crippen molar-refractivity contribution in [2.45, 2.75) is 50.6 Å². The largest absolute Gasteiger partial charge is 0.481 e. The summed E-state index contributed by atoms with van der Waals surface area (Å²) in [6.45, 7) is 2.04. The Balaban J connectivity index is 1.82. The fourth-order valence-corrected chi connectivity index (χ4v) is 2.32. The zero-order valence-corrected chi connectivity index (χ0v) is 11.6. The Bertz CT molecular complexity index is 420. The van der Waals surface area contributed by atoms with E-state index in [0.29, 0.717) is 0 Å². The van der Waals surface area contributed by atoms with Crippen molar-refractivity contribution in [2.75, 3.05) is 13.2 Å². The van der Waals surface area contributed by atoms with E-state index in [-0.39, 0.29) is 38.4 Å². The van der Waals surface area contributed by atoms with Gasteiger partial charge in [0.2, 0.25) is 0 Å². The second-order valence-electron chi connectivity index (χ2n) is 4.90. The average molecular weight is 302 g/mol. The van der Waals surface area contributed by atoms with Crippen molar-refractivity contribution in [1.82, 2.24) is 0 Å². The van der Waals surface area contributed by atoms with Crippen LogP contribution in [0, 0.1) is 0 Å². The summed E-state index contributed by atoms with van der Waals surface area (Å²) >= 11 is 0. The highest BCUT2D eigenvalue weighted by atomic mass is 16.7. The molecule has 0 radical (unpaired) electrons. The fraction of sp³-hybridized carbons (Fsp3) is 0.769. The molecule has 118 valence electrons. The van der Waals surface area contributed by atoms with Gasteiger partial charge in [0, 0.05) is 6.42 Å². The first-order chi connectivity index (χ1) is 10.0. The molecule has 2 rings (SSSR count). The Morgan fingerprint density at radius 1 is 1.00 bits per heavy atom. The van der Waals surface area contributed by atoms with E-state index in [9.17, 15) is 14.4 Å². The van der Waals surface area contributed by atoms with Crippen LogP contribution in [0.2, 0.25) is 0 Å². The smallest absolute Gasteiger partial charge is 0.306 e. The van der Waals surface area contributed by atoms with Crippen molar-refractivity contribution in [3.63, 3.8) is 0 Å². The van der Waals surface area contributed by atoms with E-state index in [0.717, 1.165) is 0 Å². The van der Waals surface area contributed by atoms with Crippen LogP contribution in [0.25, 0.3) is 0 Å². The maximum Gasteiger partial charge on any atom is 0.306 e. The highest BCUT2D eigenvalue weighted by molar-refractivity contribution is 5.76. The van der Waals surface area contributed by atoms with Crippen LogP contribution in [-0.4, -0.2) is 60.6 Å². The minimum absolute atomic E-state index is 0.147. The lowest BCUT2D eigenvalue weighted by atomic mass is 10.1. The molecule has 2 heterocycles. The third kappa shape index (κ3) is 3.92. The molecule has 2 aliphatic rings. The highest BCUT2D eigenvalue weighted by Gasteiger charge is 2.51. The van der Waals surface area contributed by atoms with Crippen molar-refractivity contribution < 1.29 is 38.4 Å². The predicted molar refractivity (Wildman–Crippen MR) is 66.4 cm³/mol. The summed E-state index contributed by atoms with van der Waals surface area (Å²) in [5.41, 5.74) is 0. The first-order valence-corrected chi connectivity index (χ1v) is 6.85. The van der Waals surface area contributed by atoms with E-state index in [4.69, 9.17) is 24.1 Å². The Hall–Kier alpha value is -1.67. The summed E-state index contributed by atoms with van der Waals surface area (Å²) < 4.78 is 21.3. The SMILES string of the molecule is CCC(=O)O[C@H]1CO[C@H]2[C@@H]1OC[C@@H]2OC(=O)CCC(=O)O. The van der Waals surface area contributed by atoms with Gasteiger partial charge in [-0.2, -0.15) is 0 Å². The van der Waals surface area contributed by atoms with Crippen LogP contribution in [0.1, 0.15) is 26.2 Å². The average Bonchev–Trinajstić information content (AvgIpc) is 3.01. The molecular weight excluding hydrogens is 284 g/mol. The van der Waals surface area contributed by atoms with Gasteiger partial charge in [0.15, 0.2) is 12.2 Å². The minimum Gasteiger partial charge on any atom is -0.481 e. The molecule has 0 saturated carbocycles. The number of ether oxygens (including phenoxy) is 4. The quantitative estimate of drug-likeness (QED) is 0.677. The molecule has 0 aliphatic carbocycles. The Kier molecular flexibility index (Phi) is 5.13. The Labute approximate surface area is 121 Å². The van der Waals surface area contributed by atoms with Gasteiger partial charge in [-0.25, -0.2) is 0 Å². The fourth-order valence-electron chi connectivity index (χ4n) is 2.32. The lowest BCUT2D eigenvalue weighted by Crippen LogP contribution is -2.35. The van der Waals surface area contributed by atoms with E-state index in [1.165, 1.54) is 0 Å². The van der Waals surface area contributed by atoms with E-state index in [2.05, 4.69) is 0 Å². The first-order valence-electron chi connectivity index (χ1n) is 6.85. The molecule has 0 unspecified atom stereocenters. The minimum atomic E-state index is -1.06. The molecule has 0 aromatic heterocycles. The second-order valence-corrected chi connectivity index (χ2v) is 4.90. The monoisotopic (exact) mass is 302 g/mol. The molecular formula is C13H18O8. The van der Waals surface area contributed by atoms with E-state index in [1.54, 1.807) is 6.92 Å². The number of carboxylic acids is 1. The summed E-state index contributed by atoms with van der Waals surface area (Å²) in [6, 6.07) is 0. The summed E-state index contributed by atoms with van der Waals surface area (Å²) in [6.07, 6.45) is -2.23. The molecule has 21 heavy (non-hydrogen) atoms. The van der Waals surface area contributed by atoms with Gasteiger partial charge in [-0.3, -0.25) is 14.4 Å². The molecule has 0 amide bonds. The van der Waals surface area contributed by atoms with E-state index >= 15 is 0 Å². The van der Waals surface area contributed by atoms with Gasteiger partial charge in [0.05, 0.1) is 26.1 Å². The number of fused-ring (bicyclic) bond motifs is 1. The van der Waals surface area contributed by atoms with Crippen LogP contribution in [0.3, 0.4) is 0 Å². The second kappa shape index (κ2) is 6.86. The number of aliphatic carboxylic acids is 1. The van der Waals surface area contributed by atoms with Gasteiger partial charge in [0.25, 0.3) is 0 Å². The molecule has 0 aromatic carbocycles.